The van der Waals surface area contributed by atoms with Gasteiger partial charge >= 0.3 is 5.97 Å². The lowest BCUT2D eigenvalue weighted by Crippen LogP contribution is -2.48. The van der Waals surface area contributed by atoms with E-state index in [1.165, 1.54) is 0 Å². The van der Waals surface area contributed by atoms with Crippen LogP contribution in [-0.4, -0.2) is 18.6 Å². The summed E-state index contributed by atoms with van der Waals surface area (Å²) in [6.45, 7) is 0.245. The molecule has 0 radical (unpaired) electrons. The van der Waals surface area contributed by atoms with Crippen molar-refractivity contribution < 1.29 is 14.3 Å². The molecule has 1 aromatic carbocycles. The second kappa shape index (κ2) is 6.75. The number of hydrogen-bond donors (Lipinski definition) is 1. The van der Waals surface area contributed by atoms with Crippen LogP contribution in [-0.2, 0) is 16.1 Å². The highest BCUT2D eigenvalue weighted by Crippen LogP contribution is 2.26. The van der Waals surface area contributed by atoms with Gasteiger partial charge in [-0.05, 0) is 30.5 Å². The fourth-order valence-corrected chi connectivity index (χ4v) is 2.62. The predicted molar refractivity (Wildman–Crippen MR) is 77.4 cm³/mol. The van der Waals surface area contributed by atoms with Gasteiger partial charge in [-0.15, -0.1) is 0 Å². The SMILES string of the molecule is COc1cccc(COC(=O)C2(N)CCCCCC2)c1. The molecule has 1 saturated carbocycles. The van der Waals surface area contributed by atoms with E-state index in [1.807, 2.05) is 24.3 Å². The molecule has 1 aromatic rings. The maximum Gasteiger partial charge on any atom is 0.326 e. The second-order valence-corrected chi connectivity index (χ2v) is 5.50. The Kier molecular flexibility index (Phi) is 5.01. The number of ether oxygens (including phenoxy) is 2. The number of esters is 1. The van der Waals surface area contributed by atoms with Crippen molar-refractivity contribution in [1.29, 1.82) is 0 Å². The van der Waals surface area contributed by atoms with Gasteiger partial charge in [0.2, 0.25) is 0 Å². The molecule has 0 atom stereocenters. The predicted octanol–water partition coefficient (Wildman–Crippen LogP) is 2.79. The van der Waals surface area contributed by atoms with Gasteiger partial charge in [-0.2, -0.15) is 0 Å². The number of rotatable bonds is 4. The molecule has 0 aromatic heterocycles. The molecule has 0 heterocycles. The zero-order valence-corrected chi connectivity index (χ0v) is 12.1. The minimum Gasteiger partial charge on any atom is -0.497 e. The van der Waals surface area contributed by atoms with E-state index in [0.29, 0.717) is 0 Å². The van der Waals surface area contributed by atoms with Crippen molar-refractivity contribution in [3.8, 4) is 5.75 Å². The largest absolute Gasteiger partial charge is 0.497 e. The standard InChI is InChI=1S/C16H23NO3/c1-19-14-8-6-7-13(11-14)12-20-15(18)16(17)9-4-2-3-5-10-16/h6-8,11H,2-5,9-10,12,17H2,1H3. The van der Waals surface area contributed by atoms with E-state index >= 15 is 0 Å². The average Bonchev–Trinajstić information content (AvgIpc) is 2.70. The van der Waals surface area contributed by atoms with Gasteiger partial charge in [0.05, 0.1) is 7.11 Å². The van der Waals surface area contributed by atoms with E-state index in [1.54, 1.807) is 7.11 Å². The van der Waals surface area contributed by atoms with Gasteiger partial charge in [0.15, 0.2) is 0 Å². The first-order chi connectivity index (χ1) is 9.64. The van der Waals surface area contributed by atoms with Gasteiger partial charge in [-0.25, -0.2) is 0 Å². The smallest absolute Gasteiger partial charge is 0.326 e. The maximum absolute atomic E-state index is 12.2. The van der Waals surface area contributed by atoms with Gasteiger partial charge in [0.1, 0.15) is 17.9 Å². The van der Waals surface area contributed by atoms with Crippen LogP contribution in [0.3, 0.4) is 0 Å². The van der Waals surface area contributed by atoms with Crippen LogP contribution in [0.2, 0.25) is 0 Å². The Morgan fingerprint density at radius 3 is 2.60 bits per heavy atom. The molecule has 1 aliphatic rings. The van der Waals surface area contributed by atoms with Crippen molar-refractivity contribution in [2.75, 3.05) is 7.11 Å². The Bertz CT molecular complexity index is 451. The number of benzene rings is 1. The lowest BCUT2D eigenvalue weighted by molar-refractivity contribution is -0.152. The Morgan fingerprint density at radius 1 is 1.25 bits per heavy atom. The third-order valence-electron chi connectivity index (χ3n) is 3.91. The summed E-state index contributed by atoms with van der Waals surface area (Å²) in [7, 11) is 1.62. The Labute approximate surface area is 120 Å². The van der Waals surface area contributed by atoms with Crippen molar-refractivity contribution in [3.63, 3.8) is 0 Å². The third-order valence-corrected chi connectivity index (χ3v) is 3.91. The second-order valence-electron chi connectivity index (χ2n) is 5.50. The molecule has 4 nitrogen and oxygen atoms in total. The van der Waals surface area contributed by atoms with Crippen LogP contribution in [0.15, 0.2) is 24.3 Å². The lowest BCUT2D eigenvalue weighted by Gasteiger charge is -2.25. The summed E-state index contributed by atoms with van der Waals surface area (Å²) < 4.78 is 10.6. The highest BCUT2D eigenvalue weighted by molar-refractivity contribution is 5.80. The molecular weight excluding hydrogens is 254 g/mol. The molecule has 110 valence electrons. The van der Waals surface area contributed by atoms with Crippen molar-refractivity contribution in [1.82, 2.24) is 0 Å². The van der Waals surface area contributed by atoms with E-state index in [-0.39, 0.29) is 12.6 Å². The van der Waals surface area contributed by atoms with Crippen LogP contribution in [0.1, 0.15) is 44.1 Å². The van der Waals surface area contributed by atoms with E-state index in [4.69, 9.17) is 15.2 Å². The van der Waals surface area contributed by atoms with Crippen LogP contribution in [0.4, 0.5) is 0 Å². The molecular formula is C16H23NO3. The Balaban J connectivity index is 1.93. The highest BCUT2D eigenvalue weighted by Gasteiger charge is 2.35. The molecule has 0 unspecified atom stereocenters. The third kappa shape index (κ3) is 3.73. The molecule has 0 aliphatic heterocycles. The highest BCUT2D eigenvalue weighted by atomic mass is 16.5. The van der Waals surface area contributed by atoms with Crippen molar-refractivity contribution >= 4 is 5.97 Å². The van der Waals surface area contributed by atoms with Crippen molar-refractivity contribution in [2.24, 2.45) is 5.73 Å². The molecule has 1 fully saturated rings. The Hall–Kier alpha value is -1.55. The molecule has 2 N–H and O–H groups in total. The summed E-state index contributed by atoms with van der Waals surface area (Å²) in [6.07, 6.45) is 5.77. The summed E-state index contributed by atoms with van der Waals surface area (Å²) in [5.41, 5.74) is 6.34. The fourth-order valence-electron chi connectivity index (χ4n) is 2.62. The van der Waals surface area contributed by atoms with Crippen LogP contribution < -0.4 is 10.5 Å². The van der Waals surface area contributed by atoms with Gasteiger partial charge < -0.3 is 15.2 Å². The first kappa shape index (κ1) is 14.9. The van der Waals surface area contributed by atoms with Gasteiger partial charge in [-0.1, -0.05) is 37.8 Å². The molecule has 0 spiro atoms. The number of hydrogen-bond acceptors (Lipinski definition) is 4. The minimum atomic E-state index is -0.796. The van der Waals surface area contributed by atoms with E-state index in [0.717, 1.165) is 49.8 Å². The molecule has 0 amide bonds. The summed E-state index contributed by atoms with van der Waals surface area (Å²) >= 11 is 0. The number of nitrogens with two attached hydrogens (primary N) is 1. The number of carbonyl (C=O) groups excluding carboxylic acids is 1. The van der Waals surface area contributed by atoms with E-state index in [2.05, 4.69) is 0 Å². The molecule has 2 rings (SSSR count). The van der Waals surface area contributed by atoms with Gasteiger partial charge in [-0.3, -0.25) is 4.79 Å². The topological polar surface area (TPSA) is 61.5 Å². The van der Waals surface area contributed by atoms with E-state index < -0.39 is 5.54 Å². The zero-order chi connectivity index (χ0) is 14.4. The normalized spacial score (nSPS) is 18.1. The fraction of sp³-hybridized carbons (Fsp3) is 0.562. The molecule has 20 heavy (non-hydrogen) atoms. The summed E-state index contributed by atoms with van der Waals surface area (Å²) in [5.74, 6) is 0.484. The monoisotopic (exact) mass is 277 g/mol. The van der Waals surface area contributed by atoms with Gasteiger partial charge in [0, 0.05) is 0 Å². The Morgan fingerprint density at radius 2 is 1.95 bits per heavy atom. The molecule has 1 aliphatic carbocycles. The molecule has 0 bridgehead atoms. The zero-order valence-electron chi connectivity index (χ0n) is 12.1. The first-order valence-corrected chi connectivity index (χ1v) is 7.23. The van der Waals surface area contributed by atoms with Crippen LogP contribution in [0, 0.1) is 0 Å². The van der Waals surface area contributed by atoms with Gasteiger partial charge in [0.25, 0.3) is 0 Å². The molecule has 0 saturated heterocycles. The molecule has 4 heteroatoms. The lowest BCUT2D eigenvalue weighted by atomic mass is 9.92. The van der Waals surface area contributed by atoms with Crippen LogP contribution in [0.25, 0.3) is 0 Å². The minimum absolute atomic E-state index is 0.245. The number of carbonyl (C=O) groups is 1. The average molecular weight is 277 g/mol. The van der Waals surface area contributed by atoms with E-state index in [9.17, 15) is 4.79 Å². The quantitative estimate of drug-likeness (QED) is 0.679. The van der Waals surface area contributed by atoms with Crippen molar-refractivity contribution in [3.05, 3.63) is 29.8 Å². The summed E-state index contributed by atoms with van der Waals surface area (Å²) in [4.78, 5) is 12.2. The van der Waals surface area contributed by atoms with Crippen LogP contribution >= 0.6 is 0 Å². The summed E-state index contributed by atoms with van der Waals surface area (Å²) in [5, 5.41) is 0. The maximum atomic E-state index is 12.2. The summed E-state index contributed by atoms with van der Waals surface area (Å²) in [6, 6.07) is 7.52. The first-order valence-electron chi connectivity index (χ1n) is 7.23. The number of methoxy groups -OCH3 is 1. The van der Waals surface area contributed by atoms with Crippen LogP contribution in [0.5, 0.6) is 5.75 Å². The van der Waals surface area contributed by atoms with Crippen molar-refractivity contribution in [2.45, 2.75) is 50.7 Å².